The molecule has 1 saturated carbocycles. The molecule has 19 heavy (non-hydrogen) atoms. The van der Waals surface area contributed by atoms with Crippen molar-refractivity contribution < 1.29 is 4.39 Å². The first-order chi connectivity index (χ1) is 9.22. The lowest BCUT2D eigenvalue weighted by Crippen LogP contribution is -2.12. The maximum atomic E-state index is 13.4. The minimum atomic E-state index is -0.147. The lowest BCUT2D eigenvalue weighted by Gasteiger charge is -2.04. The second-order valence-corrected chi connectivity index (χ2v) is 6.09. The first kappa shape index (κ1) is 12.7. The van der Waals surface area contributed by atoms with Crippen LogP contribution in [0.15, 0.2) is 18.2 Å². The van der Waals surface area contributed by atoms with Crippen LogP contribution in [0.2, 0.25) is 0 Å². The molecule has 100 valence electrons. The smallest absolute Gasteiger partial charge is 0.131 e. The fourth-order valence-corrected chi connectivity index (χ4v) is 2.87. The second-order valence-electron chi connectivity index (χ2n) is 5.00. The van der Waals surface area contributed by atoms with Crippen LogP contribution in [0.4, 0.5) is 4.39 Å². The van der Waals surface area contributed by atoms with Crippen LogP contribution in [-0.4, -0.2) is 10.2 Å². The molecule has 0 atom stereocenters. The number of hydrogen-bond acceptors (Lipinski definition) is 4. The van der Waals surface area contributed by atoms with E-state index < -0.39 is 0 Å². The highest BCUT2D eigenvalue weighted by molar-refractivity contribution is 7.11. The first-order valence-corrected chi connectivity index (χ1v) is 7.32. The highest BCUT2D eigenvalue weighted by Crippen LogP contribution is 2.41. The Balaban J connectivity index is 1.52. The van der Waals surface area contributed by atoms with Gasteiger partial charge in [-0.1, -0.05) is 23.5 Å². The molecule has 1 N–H and O–H groups in total. The van der Waals surface area contributed by atoms with Crippen LogP contribution in [0.25, 0.3) is 0 Å². The van der Waals surface area contributed by atoms with Gasteiger partial charge in [0.15, 0.2) is 0 Å². The van der Waals surface area contributed by atoms with E-state index in [1.54, 1.807) is 24.3 Å². The molecule has 3 rings (SSSR count). The molecule has 1 aliphatic carbocycles. The van der Waals surface area contributed by atoms with Crippen LogP contribution in [0.5, 0.6) is 0 Å². The summed E-state index contributed by atoms with van der Waals surface area (Å²) in [5.74, 6) is 0.517. The van der Waals surface area contributed by atoms with Crippen LogP contribution in [-0.2, 0) is 13.1 Å². The standard InChI is InChI=1S/C14H16FN3S/c1-9-2-3-10(6-12(9)15)7-16-8-13-17-18-14(19-13)11-4-5-11/h2-3,6,11,16H,4-5,7-8H2,1H3. The summed E-state index contributed by atoms with van der Waals surface area (Å²) in [6.45, 7) is 3.11. The number of benzene rings is 1. The fourth-order valence-electron chi connectivity index (χ4n) is 1.89. The van der Waals surface area contributed by atoms with Gasteiger partial charge in [0.05, 0.1) is 0 Å². The fraction of sp³-hybridized carbons (Fsp3) is 0.429. The summed E-state index contributed by atoms with van der Waals surface area (Å²) in [5, 5.41) is 13.8. The summed E-state index contributed by atoms with van der Waals surface area (Å²) in [6, 6.07) is 5.34. The monoisotopic (exact) mass is 277 g/mol. The van der Waals surface area contributed by atoms with E-state index in [9.17, 15) is 4.39 Å². The van der Waals surface area contributed by atoms with E-state index in [2.05, 4.69) is 15.5 Å². The van der Waals surface area contributed by atoms with Gasteiger partial charge in [-0.15, -0.1) is 10.2 Å². The van der Waals surface area contributed by atoms with E-state index in [1.165, 1.54) is 12.8 Å². The van der Waals surface area contributed by atoms with Gasteiger partial charge >= 0.3 is 0 Å². The van der Waals surface area contributed by atoms with Crippen molar-refractivity contribution in [3.8, 4) is 0 Å². The molecule has 1 heterocycles. The summed E-state index contributed by atoms with van der Waals surface area (Å²) >= 11 is 1.69. The van der Waals surface area contributed by atoms with Crippen LogP contribution >= 0.6 is 11.3 Å². The summed E-state index contributed by atoms with van der Waals surface area (Å²) in [6.07, 6.45) is 2.51. The van der Waals surface area contributed by atoms with Gasteiger partial charge in [0, 0.05) is 19.0 Å². The molecule has 0 saturated heterocycles. The minimum Gasteiger partial charge on any atom is -0.306 e. The van der Waals surface area contributed by atoms with E-state index in [0.717, 1.165) is 15.6 Å². The predicted octanol–water partition coefficient (Wildman–Crippen LogP) is 3.15. The molecular weight excluding hydrogens is 261 g/mol. The van der Waals surface area contributed by atoms with Crippen molar-refractivity contribution in [2.75, 3.05) is 0 Å². The molecule has 1 aromatic heterocycles. The SMILES string of the molecule is Cc1ccc(CNCc2nnc(C3CC3)s2)cc1F. The molecule has 0 radical (unpaired) electrons. The number of nitrogens with zero attached hydrogens (tertiary/aromatic N) is 2. The van der Waals surface area contributed by atoms with Gasteiger partial charge < -0.3 is 5.32 Å². The lowest BCUT2D eigenvalue weighted by molar-refractivity contribution is 0.611. The molecule has 0 spiro atoms. The first-order valence-electron chi connectivity index (χ1n) is 6.50. The van der Waals surface area contributed by atoms with Crippen molar-refractivity contribution in [1.29, 1.82) is 0 Å². The minimum absolute atomic E-state index is 0.147. The average molecular weight is 277 g/mol. The van der Waals surface area contributed by atoms with Crippen LogP contribution in [0.3, 0.4) is 0 Å². The van der Waals surface area contributed by atoms with Crippen molar-refractivity contribution in [1.82, 2.24) is 15.5 Å². The number of aromatic nitrogens is 2. The Hall–Kier alpha value is -1.33. The number of halogens is 1. The molecule has 3 nitrogen and oxygen atoms in total. The highest BCUT2D eigenvalue weighted by Gasteiger charge is 2.27. The van der Waals surface area contributed by atoms with Gasteiger partial charge in [-0.3, -0.25) is 0 Å². The molecule has 0 bridgehead atoms. The third kappa shape index (κ3) is 3.16. The van der Waals surface area contributed by atoms with E-state index in [-0.39, 0.29) is 5.82 Å². The third-order valence-electron chi connectivity index (χ3n) is 3.25. The Kier molecular flexibility index (Phi) is 3.57. The van der Waals surface area contributed by atoms with Gasteiger partial charge in [0.25, 0.3) is 0 Å². The Bertz CT molecular complexity index is 578. The summed E-state index contributed by atoms with van der Waals surface area (Å²) < 4.78 is 13.4. The quantitative estimate of drug-likeness (QED) is 0.912. The largest absolute Gasteiger partial charge is 0.306 e. The van der Waals surface area contributed by atoms with Gasteiger partial charge in [-0.2, -0.15) is 0 Å². The van der Waals surface area contributed by atoms with Crippen LogP contribution in [0, 0.1) is 12.7 Å². The Morgan fingerprint density at radius 3 is 2.89 bits per heavy atom. The zero-order valence-corrected chi connectivity index (χ0v) is 11.6. The van der Waals surface area contributed by atoms with Crippen molar-refractivity contribution in [3.63, 3.8) is 0 Å². The van der Waals surface area contributed by atoms with Crippen molar-refractivity contribution >= 4 is 11.3 Å². The maximum Gasteiger partial charge on any atom is 0.131 e. The Labute approximate surface area is 115 Å². The average Bonchev–Trinajstić information content (AvgIpc) is 3.14. The van der Waals surface area contributed by atoms with Gasteiger partial charge in [-0.05, 0) is 37.0 Å². The molecule has 5 heteroatoms. The molecule has 1 aromatic carbocycles. The predicted molar refractivity (Wildman–Crippen MR) is 73.6 cm³/mol. The van der Waals surface area contributed by atoms with Crippen molar-refractivity contribution in [2.45, 2.75) is 38.8 Å². The number of aryl methyl sites for hydroxylation is 1. The molecule has 1 fully saturated rings. The number of rotatable bonds is 5. The Morgan fingerprint density at radius 1 is 1.32 bits per heavy atom. The molecule has 0 unspecified atom stereocenters. The van der Waals surface area contributed by atoms with Crippen LogP contribution in [0.1, 0.15) is 39.9 Å². The Morgan fingerprint density at radius 2 is 2.16 bits per heavy atom. The van der Waals surface area contributed by atoms with Gasteiger partial charge in [0.2, 0.25) is 0 Å². The van der Waals surface area contributed by atoms with E-state index in [0.29, 0.717) is 24.6 Å². The summed E-state index contributed by atoms with van der Waals surface area (Å²) in [5.41, 5.74) is 1.64. The second kappa shape index (κ2) is 5.35. The molecule has 2 aromatic rings. The van der Waals surface area contributed by atoms with E-state index in [1.807, 2.05) is 12.1 Å². The topological polar surface area (TPSA) is 37.8 Å². The van der Waals surface area contributed by atoms with E-state index in [4.69, 9.17) is 0 Å². The number of hydrogen-bond donors (Lipinski definition) is 1. The molecule has 0 aliphatic heterocycles. The zero-order valence-electron chi connectivity index (χ0n) is 10.8. The normalized spacial score (nSPS) is 14.8. The molecule has 0 amide bonds. The lowest BCUT2D eigenvalue weighted by atomic mass is 10.1. The van der Waals surface area contributed by atoms with Crippen molar-refractivity contribution in [2.24, 2.45) is 0 Å². The maximum absolute atomic E-state index is 13.4. The summed E-state index contributed by atoms with van der Waals surface area (Å²) in [7, 11) is 0. The number of nitrogens with one attached hydrogen (secondary N) is 1. The third-order valence-corrected chi connectivity index (χ3v) is 4.34. The zero-order chi connectivity index (χ0) is 13.2. The highest BCUT2D eigenvalue weighted by atomic mass is 32.1. The summed E-state index contributed by atoms with van der Waals surface area (Å²) in [4.78, 5) is 0. The molecular formula is C14H16FN3S. The molecule has 1 aliphatic rings. The van der Waals surface area contributed by atoms with E-state index >= 15 is 0 Å². The van der Waals surface area contributed by atoms with Crippen molar-refractivity contribution in [3.05, 3.63) is 45.2 Å². The van der Waals surface area contributed by atoms with Gasteiger partial charge in [-0.25, -0.2) is 4.39 Å². The van der Waals surface area contributed by atoms with Crippen LogP contribution < -0.4 is 5.32 Å². The van der Waals surface area contributed by atoms with Gasteiger partial charge in [0.1, 0.15) is 15.8 Å².